The molecule has 3 N–H and O–H groups in total. The lowest BCUT2D eigenvalue weighted by Crippen LogP contribution is -2.13. The summed E-state index contributed by atoms with van der Waals surface area (Å²) in [6, 6.07) is 8.82. The molecule has 0 saturated carbocycles. The highest BCUT2D eigenvalue weighted by atomic mass is 19.1. The molecule has 0 aromatic heterocycles. The summed E-state index contributed by atoms with van der Waals surface area (Å²) in [5.74, 6) is -2.10. The normalized spacial score (nSPS) is 9.80. The molecule has 20 heavy (non-hydrogen) atoms. The Morgan fingerprint density at radius 3 is 2.55 bits per heavy atom. The predicted octanol–water partition coefficient (Wildman–Crippen LogP) is 2.36. The van der Waals surface area contributed by atoms with Crippen LogP contribution in [0.25, 0.3) is 0 Å². The van der Waals surface area contributed by atoms with Gasteiger partial charge < -0.3 is 15.5 Å². The topological polar surface area (TPSA) is 93.4 Å². The number of hydrogen-bond donors (Lipinski definition) is 3. The number of halogens is 1. The third kappa shape index (κ3) is 2.67. The minimum absolute atomic E-state index is 0.105. The molecule has 2 aromatic rings. The van der Waals surface area contributed by atoms with Crippen LogP contribution in [-0.2, 0) is 0 Å². The molecule has 0 aliphatic heterocycles. The van der Waals surface area contributed by atoms with Gasteiger partial charge in [0.25, 0.3) is 5.91 Å². The van der Waals surface area contributed by atoms with Gasteiger partial charge in [-0.15, -0.1) is 0 Å². The van der Waals surface area contributed by atoms with Crippen LogP contribution < -0.4 is 5.32 Å². The van der Waals surface area contributed by atoms with Gasteiger partial charge >= 0.3 is 0 Å². The number of hydrogen-bond acceptors (Lipinski definition) is 4. The number of aromatic hydroxyl groups is 2. The summed E-state index contributed by atoms with van der Waals surface area (Å²) in [5, 5.41) is 29.5. The summed E-state index contributed by atoms with van der Waals surface area (Å²) in [5.41, 5.74) is -0.0824. The fraction of sp³-hybridized carbons (Fsp3) is 0. The zero-order chi connectivity index (χ0) is 14.7. The largest absolute Gasteiger partial charge is 0.508 e. The highest BCUT2D eigenvalue weighted by Crippen LogP contribution is 2.24. The Hall–Kier alpha value is -3.07. The Kier molecular flexibility index (Phi) is 3.53. The van der Waals surface area contributed by atoms with Crippen LogP contribution in [0.3, 0.4) is 0 Å². The number of rotatable bonds is 2. The first-order chi connectivity index (χ1) is 9.51. The molecule has 100 valence electrons. The van der Waals surface area contributed by atoms with E-state index in [2.05, 4.69) is 5.32 Å². The predicted molar refractivity (Wildman–Crippen MR) is 68.8 cm³/mol. The average molecular weight is 272 g/mol. The molecule has 2 rings (SSSR count). The Bertz CT molecular complexity index is 723. The van der Waals surface area contributed by atoms with Gasteiger partial charge in [0.05, 0.1) is 22.9 Å². The van der Waals surface area contributed by atoms with Crippen LogP contribution in [0, 0.1) is 17.1 Å². The van der Waals surface area contributed by atoms with Gasteiger partial charge in [0.2, 0.25) is 0 Å². The second-order valence-corrected chi connectivity index (χ2v) is 3.96. The third-order valence-corrected chi connectivity index (χ3v) is 2.57. The first-order valence-corrected chi connectivity index (χ1v) is 5.54. The molecule has 0 radical (unpaired) electrons. The lowest BCUT2D eigenvalue weighted by atomic mass is 10.1. The van der Waals surface area contributed by atoms with Gasteiger partial charge in [-0.3, -0.25) is 4.79 Å². The summed E-state index contributed by atoms with van der Waals surface area (Å²) in [6.07, 6.45) is 0. The second kappa shape index (κ2) is 5.28. The fourth-order valence-electron chi connectivity index (χ4n) is 1.59. The van der Waals surface area contributed by atoms with Crippen LogP contribution in [0.5, 0.6) is 11.5 Å². The minimum atomic E-state index is -0.754. The highest BCUT2D eigenvalue weighted by molar-refractivity contribution is 6.06. The number of phenolic OH excluding ortho intramolecular Hbond substituents is 2. The molecular formula is C14H9FN2O3. The van der Waals surface area contributed by atoms with E-state index in [1.54, 1.807) is 6.07 Å². The van der Waals surface area contributed by atoms with E-state index in [1.807, 2.05) is 0 Å². The van der Waals surface area contributed by atoms with Crippen molar-refractivity contribution in [3.8, 4) is 17.6 Å². The first-order valence-electron chi connectivity index (χ1n) is 5.54. The van der Waals surface area contributed by atoms with Crippen molar-refractivity contribution in [2.75, 3.05) is 5.32 Å². The number of nitrogens with one attached hydrogen (secondary N) is 1. The van der Waals surface area contributed by atoms with Gasteiger partial charge in [-0.2, -0.15) is 5.26 Å². The number of benzene rings is 2. The molecule has 0 aliphatic rings. The molecule has 0 bridgehead atoms. The summed E-state index contributed by atoms with van der Waals surface area (Å²) in [7, 11) is 0. The number of carbonyl (C=O) groups excluding carboxylic acids is 1. The maximum Gasteiger partial charge on any atom is 0.259 e. The Morgan fingerprint density at radius 2 is 1.95 bits per heavy atom. The van der Waals surface area contributed by atoms with Gasteiger partial charge in [0, 0.05) is 6.07 Å². The minimum Gasteiger partial charge on any atom is -0.508 e. The second-order valence-electron chi connectivity index (χ2n) is 3.96. The summed E-state index contributed by atoms with van der Waals surface area (Å²) >= 11 is 0. The van der Waals surface area contributed by atoms with Crippen molar-refractivity contribution in [1.82, 2.24) is 0 Å². The van der Waals surface area contributed by atoms with Crippen molar-refractivity contribution in [3.63, 3.8) is 0 Å². The molecule has 5 nitrogen and oxygen atoms in total. The molecular weight excluding hydrogens is 263 g/mol. The van der Waals surface area contributed by atoms with Crippen molar-refractivity contribution in [3.05, 3.63) is 53.3 Å². The Labute approximate surface area is 113 Å². The van der Waals surface area contributed by atoms with Crippen LogP contribution in [0.4, 0.5) is 10.1 Å². The quantitative estimate of drug-likeness (QED) is 0.782. The highest BCUT2D eigenvalue weighted by Gasteiger charge is 2.14. The lowest BCUT2D eigenvalue weighted by Gasteiger charge is -2.08. The van der Waals surface area contributed by atoms with E-state index < -0.39 is 17.5 Å². The van der Waals surface area contributed by atoms with Gasteiger partial charge in [-0.25, -0.2) is 4.39 Å². The number of phenols is 2. The monoisotopic (exact) mass is 272 g/mol. The molecule has 0 atom stereocenters. The van der Waals surface area contributed by atoms with Gasteiger partial charge in [0.15, 0.2) is 0 Å². The number of nitrogens with zero attached hydrogens (tertiary/aromatic N) is 1. The van der Waals surface area contributed by atoms with Crippen LogP contribution in [-0.4, -0.2) is 16.1 Å². The summed E-state index contributed by atoms with van der Waals surface area (Å²) in [4.78, 5) is 11.9. The van der Waals surface area contributed by atoms with Crippen LogP contribution in [0.1, 0.15) is 15.9 Å². The molecule has 6 heteroatoms. The van der Waals surface area contributed by atoms with Crippen molar-refractivity contribution in [1.29, 1.82) is 5.26 Å². The van der Waals surface area contributed by atoms with Crippen molar-refractivity contribution < 1.29 is 19.4 Å². The fourth-order valence-corrected chi connectivity index (χ4v) is 1.59. The molecule has 1 amide bonds. The third-order valence-electron chi connectivity index (χ3n) is 2.57. The SMILES string of the molecule is N#Cc1ccc(NC(=O)c2ccc(O)cc2O)c(F)c1. The molecule has 0 unspecified atom stereocenters. The number of carbonyl (C=O) groups is 1. The standard InChI is InChI=1S/C14H9FN2O3/c15-11-5-8(7-16)1-4-12(11)17-14(20)10-3-2-9(18)6-13(10)19/h1-6,18-19H,(H,17,20). The molecule has 0 saturated heterocycles. The molecule has 2 aromatic carbocycles. The van der Waals surface area contributed by atoms with E-state index >= 15 is 0 Å². The Balaban J connectivity index is 2.26. The molecule has 0 fully saturated rings. The smallest absolute Gasteiger partial charge is 0.259 e. The zero-order valence-corrected chi connectivity index (χ0v) is 10.1. The number of amides is 1. The van der Waals surface area contributed by atoms with E-state index in [1.165, 1.54) is 24.3 Å². The summed E-state index contributed by atoms with van der Waals surface area (Å²) in [6.45, 7) is 0. The van der Waals surface area contributed by atoms with Gasteiger partial charge in [0.1, 0.15) is 17.3 Å². The molecule has 0 spiro atoms. The Morgan fingerprint density at radius 1 is 1.20 bits per heavy atom. The van der Waals surface area contributed by atoms with Crippen molar-refractivity contribution in [2.24, 2.45) is 0 Å². The summed E-state index contributed by atoms with van der Waals surface area (Å²) < 4.78 is 13.6. The lowest BCUT2D eigenvalue weighted by molar-refractivity contribution is 0.102. The maximum absolute atomic E-state index is 13.6. The van der Waals surface area contributed by atoms with E-state index in [4.69, 9.17) is 10.4 Å². The van der Waals surface area contributed by atoms with E-state index in [0.717, 1.165) is 12.1 Å². The van der Waals surface area contributed by atoms with Crippen molar-refractivity contribution >= 4 is 11.6 Å². The molecule has 0 aliphatic carbocycles. The number of nitriles is 1. The van der Waals surface area contributed by atoms with E-state index in [-0.39, 0.29) is 22.6 Å². The van der Waals surface area contributed by atoms with Crippen LogP contribution in [0.15, 0.2) is 36.4 Å². The first kappa shape index (κ1) is 13.4. The van der Waals surface area contributed by atoms with Crippen LogP contribution in [0.2, 0.25) is 0 Å². The van der Waals surface area contributed by atoms with E-state index in [0.29, 0.717) is 0 Å². The number of anilines is 1. The molecule has 0 heterocycles. The average Bonchev–Trinajstić information content (AvgIpc) is 2.40. The van der Waals surface area contributed by atoms with Crippen LogP contribution >= 0.6 is 0 Å². The maximum atomic E-state index is 13.6. The van der Waals surface area contributed by atoms with Gasteiger partial charge in [-0.1, -0.05) is 0 Å². The van der Waals surface area contributed by atoms with Gasteiger partial charge in [-0.05, 0) is 30.3 Å². The van der Waals surface area contributed by atoms with E-state index in [9.17, 15) is 14.3 Å². The zero-order valence-electron chi connectivity index (χ0n) is 10.1. The van der Waals surface area contributed by atoms with Crippen molar-refractivity contribution in [2.45, 2.75) is 0 Å².